The number of rotatable bonds is 5. The predicted octanol–water partition coefficient (Wildman–Crippen LogP) is 4.53. The van der Waals surface area contributed by atoms with Crippen LogP contribution >= 0.6 is 0 Å². The van der Waals surface area contributed by atoms with Crippen molar-refractivity contribution in [1.82, 2.24) is 0 Å². The molecular formula is C19H16O4. The van der Waals surface area contributed by atoms with Crippen LogP contribution in [0.15, 0.2) is 65.1 Å². The van der Waals surface area contributed by atoms with Gasteiger partial charge in [0.15, 0.2) is 0 Å². The fourth-order valence-electron chi connectivity index (χ4n) is 2.21. The summed E-state index contributed by atoms with van der Waals surface area (Å²) in [5.41, 5.74) is 3.50. The number of ether oxygens (including phenoxy) is 1. The van der Waals surface area contributed by atoms with Gasteiger partial charge in [-0.05, 0) is 42.3 Å². The lowest BCUT2D eigenvalue weighted by molar-refractivity contribution is 0.0658. The molecule has 0 saturated carbocycles. The molecule has 2 aromatic carbocycles. The summed E-state index contributed by atoms with van der Waals surface area (Å²) in [7, 11) is 0. The number of carboxylic acid groups (broad SMARTS) is 1. The normalized spacial score (nSPS) is 10.5. The van der Waals surface area contributed by atoms with Gasteiger partial charge in [0.25, 0.3) is 0 Å². The molecule has 0 radical (unpaired) electrons. The molecule has 116 valence electrons. The van der Waals surface area contributed by atoms with Crippen molar-refractivity contribution in [2.24, 2.45) is 0 Å². The van der Waals surface area contributed by atoms with Crippen LogP contribution in [0.4, 0.5) is 0 Å². The van der Waals surface area contributed by atoms with Crippen LogP contribution in [0.2, 0.25) is 0 Å². The van der Waals surface area contributed by atoms with Crippen LogP contribution in [0.3, 0.4) is 0 Å². The van der Waals surface area contributed by atoms with Crippen molar-refractivity contribution in [3.05, 3.63) is 77.7 Å². The van der Waals surface area contributed by atoms with Crippen LogP contribution in [-0.2, 0) is 6.61 Å². The molecule has 4 nitrogen and oxygen atoms in total. The highest BCUT2D eigenvalue weighted by atomic mass is 16.5. The van der Waals surface area contributed by atoms with Gasteiger partial charge in [-0.25, -0.2) is 4.79 Å². The molecule has 0 saturated heterocycles. The van der Waals surface area contributed by atoms with E-state index in [0.29, 0.717) is 11.5 Å². The van der Waals surface area contributed by atoms with Crippen LogP contribution in [0.25, 0.3) is 11.1 Å². The Morgan fingerprint density at radius 3 is 2.13 bits per heavy atom. The van der Waals surface area contributed by atoms with Gasteiger partial charge in [-0.15, -0.1) is 0 Å². The number of hydrogen-bond donors (Lipinski definition) is 1. The highest BCUT2D eigenvalue weighted by molar-refractivity contribution is 5.84. The standard InChI is InChI=1S/C19H16O4/c1-13-2-4-14(5-3-13)15-6-8-16(9-7-15)22-12-17-10-11-18(23-17)19(20)21/h2-11H,12H2,1H3,(H,20,21). The molecule has 0 aliphatic heterocycles. The third kappa shape index (κ3) is 3.61. The molecule has 1 heterocycles. The van der Waals surface area contributed by atoms with Gasteiger partial charge in [-0.1, -0.05) is 42.0 Å². The van der Waals surface area contributed by atoms with E-state index in [1.54, 1.807) is 6.07 Å². The lowest BCUT2D eigenvalue weighted by atomic mass is 10.0. The maximum absolute atomic E-state index is 10.7. The molecule has 0 aliphatic carbocycles. The van der Waals surface area contributed by atoms with Crippen molar-refractivity contribution >= 4 is 5.97 Å². The molecule has 0 atom stereocenters. The second-order valence-electron chi connectivity index (χ2n) is 5.25. The molecule has 1 aromatic heterocycles. The molecule has 0 unspecified atom stereocenters. The average molecular weight is 308 g/mol. The lowest BCUT2D eigenvalue weighted by Crippen LogP contribution is -1.95. The van der Waals surface area contributed by atoms with Crippen molar-refractivity contribution in [1.29, 1.82) is 0 Å². The first-order valence-corrected chi connectivity index (χ1v) is 7.24. The summed E-state index contributed by atoms with van der Waals surface area (Å²) >= 11 is 0. The first kappa shape index (κ1) is 14.9. The summed E-state index contributed by atoms with van der Waals surface area (Å²) in [5, 5.41) is 8.80. The van der Waals surface area contributed by atoms with E-state index in [4.69, 9.17) is 14.3 Å². The number of hydrogen-bond acceptors (Lipinski definition) is 3. The molecule has 0 fully saturated rings. The first-order valence-electron chi connectivity index (χ1n) is 7.24. The van der Waals surface area contributed by atoms with Gasteiger partial charge in [-0.3, -0.25) is 0 Å². The van der Waals surface area contributed by atoms with E-state index in [1.165, 1.54) is 11.6 Å². The van der Waals surface area contributed by atoms with E-state index >= 15 is 0 Å². The summed E-state index contributed by atoms with van der Waals surface area (Å²) in [6.07, 6.45) is 0. The monoisotopic (exact) mass is 308 g/mol. The average Bonchev–Trinajstić information content (AvgIpc) is 3.04. The first-order chi connectivity index (χ1) is 11.1. The second-order valence-corrected chi connectivity index (χ2v) is 5.25. The topological polar surface area (TPSA) is 59.7 Å². The van der Waals surface area contributed by atoms with E-state index in [2.05, 4.69) is 31.2 Å². The molecule has 0 spiro atoms. The Morgan fingerprint density at radius 1 is 0.957 bits per heavy atom. The molecule has 1 N–H and O–H groups in total. The van der Waals surface area contributed by atoms with Gasteiger partial charge >= 0.3 is 5.97 Å². The fraction of sp³-hybridized carbons (Fsp3) is 0.105. The second kappa shape index (κ2) is 6.40. The summed E-state index contributed by atoms with van der Waals surface area (Å²) in [4.78, 5) is 10.7. The smallest absolute Gasteiger partial charge is 0.371 e. The summed E-state index contributed by atoms with van der Waals surface area (Å²) in [6, 6.07) is 19.1. The molecule has 23 heavy (non-hydrogen) atoms. The van der Waals surface area contributed by atoms with Crippen molar-refractivity contribution < 1.29 is 19.1 Å². The van der Waals surface area contributed by atoms with Gasteiger partial charge < -0.3 is 14.3 Å². The quantitative estimate of drug-likeness (QED) is 0.752. The zero-order valence-corrected chi connectivity index (χ0v) is 12.7. The van der Waals surface area contributed by atoms with Gasteiger partial charge in [0.05, 0.1) is 0 Å². The zero-order valence-electron chi connectivity index (χ0n) is 12.7. The Morgan fingerprint density at radius 2 is 1.57 bits per heavy atom. The van der Waals surface area contributed by atoms with Crippen LogP contribution in [0, 0.1) is 6.92 Å². The highest BCUT2D eigenvalue weighted by Gasteiger charge is 2.09. The number of aryl methyl sites for hydroxylation is 1. The molecular weight excluding hydrogens is 292 g/mol. The molecule has 0 bridgehead atoms. The van der Waals surface area contributed by atoms with Gasteiger partial charge in [-0.2, -0.15) is 0 Å². The number of benzene rings is 2. The summed E-state index contributed by atoms with van der Waals surface area (Å²) < 4.78 is 10.8. The number of carboxylic acids is 1. The third-order valence-corrected chi connectivity index (χ3v) is 3.49. The Bertz CT molecular complexity index is 798. The maximum atomic E-state index is 10.7. The maximum Gasteiger partial charge on any atom is 0.371 e. The molecule has 0 amide bonds. The van der Waals surface area contributed by atoms with Gasteiger partial charge in [0, 0.05) is 0 Å². The fourth-order valence-corrected chi connectivity index (χ4v) is 2.21. The number of carbonyl (C=O) groups is 1. The molecule has 3 rings (SSSR count). The van der Waals surface area contributed by atoms with Crippen LogP contribution in [-0.4, -0.2) is 11.1 Å². The summed E-state index contributed by atoms with van der Waals surface area (Å²) in [5.74, 6) is 0.0103. The Balaban J connectivity index is 1.65. The minimum Gasteiger partial charge on any atom is -0.486 e. The van der Waals surface area contributed by atoms with Crippen molar-refractivity contribution in [2.45, 2.75) is 13.5 Å². The Hall–Kier alpha value is -3.01. The Kier molecular flexibility index (Phi) is 4.15. The summed E-state index contributed by atoms with van der Waals surface area (Å²) in [6.45, 7) is 2.25. The van der Waals surface area contributed by atoms with Crippen LogP contribution in [0.1, 0.15) is 21.9 Å². The van der Waals surface area contributed by atoms with Crippen molar-refractivity contribution in [3.63, 3.8) is 0 Å². The highest BCUT2D eigenvalue weighted by Crippen LogP contribution is 2.23. The lowest BCUT2D eigenvalue weighted by Gasteiger charge is -2.06. The molecule has 3 aromatic rings. The van der Waals surface area contributed by atoms with Gasteiger partial charge in [0.1, 0.15) is 18.1 Å². The SMILES string of the molecule is Cc1ccc(-c2ccc(OCc3ccc(C(=O)O)o3)cc2)cc1. The Labute approximate surface area is 134 Å². The molecule has 4 heteroatoms. The zero-order chi connectivity index (χ0) is 16.2. The minimum atomic E-state index is -1.08. The van der Waals surface area contributed by atoms with E-state index in [1.807, 2.05) is 24.3 Å². The van der Waals surface area contributed by atoms with E-state index in [9.17, 15) is 4.79 Å². The predicted molar refractivity (Wildman–Crippen MR) is 86.6 cm³/mol. The number of aromatic carboxylic acids is 1. The van der Waals surface area contributed by atoms with E-state index < -0.39 is 5.97 Å². The van der Waals surface area contributed by atoms with Gasteiger partial charge in [0.2, 0.25) is 5.76 Å². The third-order valence-electron chi connectivity index (χ3n) is 3.49. The van der Waals surface area contributed by atoms with Crippen LogP contribution in [0.5, 0.6) is 5.75 Å². The molecule has 0 aliphatic rings. The van der Waals surface area contributed by atoms with Crippen LogP contribution < -0.4 is 4.74 Å². The van der Waals surface area contributed by atoms with Crippen molar-refractivity contribution in [3.8, 4) is 16.9 Å². The van der Waals surface area contributed by atoms with Crippen molar-refractivity contribution in [2.75, 3.05) is 0 Å². The van der Waals surface area contributed by atoms with E-state index in [0.717, 1.165) is 11.1 Å². The van der Waals surface area contributed by atoms with E-state index in [-0.39, 0.29) is 12.4 Å². The largest absolute Gasteiger partial charge is 0.486 e. The minimum absolute atomic E-state index is 0.0849. The number of furan rings is 1.